The van der Waals surface area contributed by atoms with Crippen LogP contribution in [-0.2, 0) is 0 Å². The van der Waals surface area contributed by atoms with Crippen molar-refractivity contribution in [3.05, 3.63) is 31.8 Å². The largest absolute Gasteiger partial charge is 0.388 e. The van der Waals surface area contributed by atoms with Gasteiger partial charge in [-0.1, -0.05) is 55.0 Å². The highest BCUT2D eigenvalue weighted by molar-refractivity contribution is 14.1. The van der Waals surface area contributed by atoms with Crippen molar-refractivity contribution in [2.24, 2.45) is 0 Å². The second-order valence-corrected chi connectivity index (χ2v) is 6.46. The van der Waals surface area contributed by atoms with E-state index < -0.39 is 0 Å². The average molecular weight is 411 g/mol. The van der Waals surface area contributed by atoms with Gasteiger partial charge in [0.25, 0.3) is 0 Å². The highest BCUT2D eigenvalue weighted by Gasteiger charge is 2.11. The van der Waals surface area contributed by atoms with Gasteiger partial charge in [-0.25, -0.2) is 0 Å². The van der Waals surface area contributed by atoms with Crippen LogP contribution in [0.1, 0.15) is 57.1 Å². The predicted octanol–water partition coefficient (Wildman–Crippen LogP) is 5.45. The summed E-state index contributed by atoms with van der Waals surface area (Å²) in [6.45, 7) is 2.22. The third kappa shape index (κ3) is 5.71. The molecular weight excluding hydrogens is 391 g/mol. The fraction of sp³-hybridized carbons (Fsp3) is 0.571. The zero-order valence-corrected chi connectivity index (χ0v) is 14.0. The lowest BCUT2D eigenvalue weighted by Gasteiger charge is -2.13. The summed E-state index contributed by atoms with van der Waals surface area (Å²) in [6, 6.07) is 6.08. The standard InChI is InChI=1S/C14H20BrIO/c1-2-3-4-5-6-7-14(17)12-10-11(15)8-9-13(12)16/h8-10,14,17H,2-7H2,1H3. The minimum absolute atomic E-state index is 0.318. The Morgan fingerprint density at radius 2 is 1.94 bits per heavy atom. The van der Waals surface area contributed by atoms with Gasteiger partial charge in [-0.15, -0.1) is 0 Å². The van der Waals surface area contributed by atoms with Crippen molar-refractivity contribution in [1.29, 1.82) is 0 Å². The SMILES string of the molecule is CCCCCCCC(O)c1cc(Br)ccc1I. The Kier molecular flexibility index (Phi) is 7.71. The molecule has 1 aromatic rings. The maximum atomic E-state index is 10.2. The molecule has 0 radical (unpaired) electrons. The molecule has 0 aliphatic carbocycles. The number of unbranched alkanes of at least 4 members (excludes halogenated alkanes) is 4. The van der Waals surface area contributed by atoms with Gasteiger partial charge in [-0.3, -0.25) is 0 Å². The first-order valence-corrected chi connectivity index (χ1v) is 8.15. The van der Waals surface area contributed by atoms with Crippen LogP contribution in [0.25, 0.3) is 0 Å². The third-order valence-electron chi connectivity index (χ3n) is 2.90. The van der Waals surface area contributed by atoms with E-state index >= 15 is 0 Å². The van der Waals surface area contributed by atoms with E-state index in [0.717, 1.165) is 26.4 Å². The third-order valence-corrected chi connectivity index (χ3v) is 4.37. The van der Waals surface area contributed by atoms with Crippen molar-refractivity contribution in [2.45, 2.75) is 51.6 Å². The summed E-state index contributed by atoms with van der Waals surface area (Å²) in [6.07, 6.45) is 6.77. The summed E-state index contributed by atoms with van der Waals surface area (Å²) in [4.78, 5) is 0. The van der Waals surface area contributed by atoms with Crippen LogP contribution in [0.5, 0.6) is 0 Å². The second kappa shape index (κ2) is 8.48. The molecule has 0 aliphatic heterocycles. The van der Waals surface area contributed by atoms with Gasteiger partial charge in [0.15, 0.2) is 0 Å². The van der Waals surface area contributed by atoms with Crippen LogP contribution in [0.4, 0.5) is 0 Å². The minimum atomic E-state index is -0.318. The van der Waals surface area contributed by atoms with Crippen molar-refractivity contribution in [1.82, 2.24) is 0 Å². The second-order valence-electron chi connectivity index (χ2n) is 4.38. The Morgan fingerprint density at radius 3 is 2.65 bits per heavy atom. The van der Waals surface area contributed by atoms with Gasteiger partial charge in [0.1, 0.15) is 0 Å². The summed E-state index contributed by atoms with van der Waals surface area (Å²) in [5.74, 6) is 0. The molecule has 0 amide bonds. The minimum Gasteiger partial charge on any atom is -0.388 e. The molecule has 17 heavy (non-hydrogen) atoms. The number of rotatable bonds is 7. The summed E-state index contributed by atoms with van der Waals surface area (Å²) in [7, 11) is 0. The van der Waals surface area contributed by atoms with E-state index in [1.807, 2.05) is 18.2 Å². The average Bonchev–Trinajstić information content (AvgIpc) is 2.32. The van der Waals surface area contributed by atoms with Crippen LogP contribution in [0.3, 0.4) is 0 Å². The van der Waals surface area contributed by atoms with Crippen molar-refractivity contribution >= 4 is 38.5 Å². The molecule has 1 atom stereocenters. The molecule has 1 aromatic carbocycles. The lowest BCUT2D eigenvalue weighted by molar-refractivity contribution is 0.162. The Hall–Kier alpha value is 0.390. The van der Waals surface area contributed by atoms with Gasteiger partial charge >= 0.3 is 0 Å². The normalized spacial score (nSPS) is 12.7. The molecule has 0 spiro atoms. The number of aliphatic hydroxyl groups excluding tert-OH is 1. The maximum Gasteiger partial charge on any atom is 0.0800 e. The van der Waals surface area contributed by atoms with Crippen LogP contribution in [-0.4, -0.2) is 5.11 Å². The van der Waals surface area contributed by atoms with Crippen molar-refractivity contribution < 1.29 is 5.11 Å². The molecule has 3 heteroatoms. The monoisotopic (exact) mass is 410 g/mol. The van der Waals surface area contributed by atoms with E-state index in [0.29, 0.717) is 0 Å². The first kappa shape index (κ1) is 15.4. The Balaban J connectivity index is 2.41. The van der Waals surface area contributed by atoms with Gasteiger partial charge < -0.3 is 5.11 Å². The molecule has 1 rings (SSSR count). The number of halogens is 2. The molecule has 0 heterocycles. The number of benzene rings is 1. The van der Waals surface area contributed by atoms with E-state index in [1.165, 1.54) is 25.7 Å². The first-order valence-electron chi connectivity index (χ1n) is 6.28. The Labute approximate surface area is 126 Å². The molecule has 0 aliphatic rings. The van der Waals surface area contributed by atoms with Crippen molar-refractivity contribution in [3.63, 3.8) is 0 Å². The van der Waals surface area contributed by atoms with Crippen LogP contribution in [0.15, 0.2) is 22.7 Å². The zero-order valence-electron chi connectivity index (χ0n) is 10.3. The molecule has 1 unspecified atom stereocenters. The van der Waals surface area contributed by atoms with E-state index in [1.54, 1.807) is 0 Å². The number of hydrogen-bond donors (Lipinski definition) is 1. The summed E-state index contributed by atoms with van der Waals surface area (Å²) < 4.78 is 2.19. The van der Waals surface area contributed by atoms with Crippen LogP contribution >= 0.6 is 38.5 Å². The van der Waals surface area contributed by atoms with Crippen LogP contribution < -0.4 is 0 Å². The van der Waals surface area contributed by atoms with Crippen molar-refractivity contribution in [3.8, 4) is 0 Å². The molecule has 96 valence electrons. The number of aliphatic hydroxyl groups is 1. The molecular formula is C14H20BrIO. The smallest absolute Gasteiger partial charge is 0.0800 e. The van der Waals surface area contributed by atoms with E-state index in [-0.39, 0.29) is 6.10 Å². The van der Waals surface area contributed by atoms with Gasteiger partial charge in [0.2, 0.25) is 0 Å². The van der Waals surface area contributed by atoms with Gasteiger partial charge in [-0.05, 0) is 52.8 Å². The molecule has 0 bridgehead atoms. The topological polar surface area (TPSA) is 20.2 Å². The molecule has 0 aromatic heterocycles. The molecule has 0 fully saturated rings. The van der Waals surface area contributed by atoms with E-state index in [4.69, 9.17) is 0 Å². The molecule has 1 N–H and O–H groups in total. The highest BCUT2D eigenvalue weighted by Crippen LogP contribution is 2.27. The Bertz CT molecular complexity index is 341. The van der Waals surface area contributed by atoms with Gasteiger partial charge in [0, 0.05) is 8.04 Å². The van der Waals surface area contributed by atoms with Gasteiger partial charge in [-0.2, -0.15) is 0 Å². The van der Waals surface area contributed by atoms with Crippen LogP contribution in [0.2, 0.25) is 0 Å². The van der Waals surface area contributed by atoms with E-state index in [9.17, 15) is 5.11 Å². The van der Waals surface area contributed by atoms with Crippen LogP contribution in [0, 0.1) is 3.57 Å². The van der Waals surface area contributed by atoms with Crippen molar-refractivity contribution in [2.75, 3.05) is 0 Å². The zero-order chi connectivity index (χ0) is 12.7. The summed E-state index contributed by atoms with van der Waals surface area (Å²) in [5.41, 5.74) is 1.05. The fourth-order valence-corrected chi connectivity index (χ4v) is 2.94. The van der Waals surface area contributed by atoms with Gasteiger partial charge in [0.05, 0.1) is 6.10 Å². The van der Waals surface area contributed by atoms with E-state index in [2.05, 4.69) is 45.4 Å². The lowest BCUT2D eigenvalue weighted by atomic mass is 10.0. The maximum absolute atomic E-state index is 10.2. The summed E-state index contributed by atoms with van der Waals surface area (Å²) >= 11 is 5.74. The molecule has 1 nitrogen and oxygen atoms in total. The predicted molar refractivity (Wildman–Crippen MR) is 85.2 cm³/mol. The summed E-state index contributed by atoms with van der Waals surface area (Å²) in [5, 5.41) is 10.2. The fourth-order valence-electron chi connectivity index (χ4n) is 1.87. The quantitative estimate of drug-likeness (QED) is 0.468. The molecule has 0 saturated heterocycles. The first-order chi connectivity index (χ1) is 8.15. The number of hydrogen-bond acceptors (Lipinski definition) is 1. The molecule has 0 saturated carbocycles. The Morgan fingerprint density at radius 1 is 1.24 bits per heavy atom. The highest BCUT2D eigenvalue weighted by atomic mass is 127. The lowest BCUT2D eigenvalue weighted by Crippen LogP contribution is -2.00.